The van der Waals surface area contributed by atoms with Crippen LogP contribution < -0.4 is 10.1 Å². The summed E-state index contributed by atoms with van der Waals surface area (Å²) in [5.41, 5.74) is 0.546. The molecule has 20 heavy (non-hydrogen) atoms. The molecule has 0 radical (unpaired) electrons. The van der Waals surface area contributed by atoms with E-state index in [4.69, 9.17) is 4.74 Å². The van der Waals surface area contributed by atoms with Crippen molar-refractivity contribution in [1.29, 1.82) is 0 Å². The Morgan fingerprint density at radius 2 is 2.20 bits per heavy atom. The van der Waals surface area contributed by atoms with Gasteiger partial charge in [0.05, 0.1) is 6.10 Å². The Bertz CT molecular complexity index is 514. The summed E-state index contributed by atoms with van der Waals surface area (Å²) < 4.78 is 5.59. The smallest absolute Gasteiger partial charge is 0.254 e. The molecule has 0 aliphatic carbocycles. The number of carbonyl (C=O) groups is 2. The van der Waals surface area contributed by atoms with E-state index in [1.165, 1.54) is 0 Å². The van der Waals surface area contributed by atoms with E-state index in [0.29, 0.717) is 24.4 Å². The fourth-order valence-electron chi connectivity index (χ4n) is 2.20. The van der Waals surface area contributed by atoms with Crippen molar-refractivity contribution in [1.82, 2.24) is 10.2 Å². The van der Waals surface area contributed by atoms with Crippen LogP contribution in [0.3, 0.4) is 0 Å². The molecule has 1 atom stereocenters. The number of rotatable bonds is 3. The van der Waals surface area contributed by atoms with Gasteiger partial charge in [-0.1, -0.05) is 6.07 Å². The highest BCUT2D eigenvalue weighted by Crippen LogP contribution is 2.18. The van der Waals surface area contributed by atoms with E-state index in [1.807, 2.05) is 19.9 Å². The van der Waals surface area contributed by atoms with Gasteiger partial charge in [0.25, 0.3) is 5.91 Å². The maximum absolute atomic E-state index is 12.5. The van der Waals surface area contributed by atoms with Crippen molar-refractivity contribution in [2.24, 2.45) is 0 Å². The van der Waals surface area contributed by atoms with E-state index in [-0.39, 0.29) is 17.9 Å². The maximum atomic E-state index is 12.5. The Morgan fingerprint density at radius 3 is 2.90 bits per heavy atom. The monoisotopic (exact) mass is 276 g/mol. The van der Waals surface area contributed by atoms with Gasteiger partial charge in [-0.2, -0.15) is 0 Å². The van der Waals surface area contributed by atoms with Crippen molar-refractivity contribution in [3.8, 4) is 5.75 Å². The summed E-state index contributed by atoms with van der Waals surface area (Å²) in [6, 6.07) is 6.64. The number of hydrogen-bond donors (Lipinski definition) is 1. The second-order valence-electron chi connectivity index (χ2n) is 5.16. The lowest BCUT2D eigenvalue weighted by Gasteiger charge is -2.32. The van der Waals surface area contributed by atoms with E-state index in [9.17, 15) is 9.59 Å². The first-order valence-corrected chi connectivity index (χ1v) is 6.84. The number of carbonyl (C=O) groups excluding carboxylic acids is 2. The van der Waals surface area contributed by atoms with Crippen LogP contribution in [0.5, 0.6) is 5.75 Å². The van der Waals surface area contributed by atoms with Gasteiger partial charge >= 0.3 is 0 Å². The lowest BCUT2D eigenvalue weighted by molar-refractivity contribution is -0.127. The minimum Gasteiger partial charge on any atom is -0.491 e. The Hall–Kier alpha value is -2.04. The largest absolute Gasteiger partial charge is 0.491 e. The molecule has 5 heteroatoms. The molecule has 1 saturated heterocycles. The zero-order valence-electron chi connectivity index (χ0n) is 12.1. The van der Waals surface area contributed by atoms with E-state index in [1.54, 1.807) is 30.0 Å². The summed E-state index contributed by atoms with van der Waals surface area (Å²) in [7, 11) is 0. The van der Waals surface area contributed by atoms with Gasteiger partial charge in [-0.25, -0.2) is 0 Å². The summed E-state index contributed by atoms with van der Waals surface area (Å²) in [6.07, 6.45) is 0.0556. The molecule has 1 aliphatic heterocycles. The van der Waals surface area contributed by atoms with Gasteiger partial charge in [0.1, 0.15) is 11.8 Å². The van der Waals surface area contributed by atoms with Crippen molar-refractivity contribution >= 4 is 11.8 Å². The molecule has 1 aromatic carbocycles. The van der Waals surface area contributed by atoms with Gasteiger partial charge in [0.15, 0.2) is 0 Å². The molecule has 1 fully saturated rings. The van der Waals surface area contributed by atoms with E-state index < -0.39 is 6.04 Å². The molecule has 0 aromatic heterocycles. The SMILES string of the molecule is CC(C)Oc1cccc(C(=O)N2CCNC(=O)C2C)c1. The summed E-state index contributed by atoms with van der Waals surface area (Å²) in [6.45, 7) is 6.63. The highest BCUT2D eigenvalue weighted by Gasteiger charge is 2.29. The van der Waals surface area contributed by atoms with Crippen molar-refractivity contribution in [3.05, 3.63) is 29.8 Å². The van der Waals surface area contributed by atoms with Crippen molar-refractivity contribution < 1.29 is 14.3 Å². The number of ether oxygens (including phenoxy) is 1. The fourth-order valence-corrected chi connectivity index (χ4v) is 2.20. The molecule has 1 aromatic rings. The summed E-state index contributed by atoms with van der Waals surface area (Å²) >= 11 is 0. The van der Waals surface area contributed by atoms with E-state index >= 15 is 0 Å². The van der Waals surface area contributed by atoms with Crippen molar-refractivity contribution in [2.45, 2.75) is 32.9 Å². The Morgan fingerprint density at radius 1 is 1.45 bits per heavy atom. The molecule has 1 heterocycles. The predicted octanol–water partition coefficient (Wildman–Crippen LogP) is 1.43. The zero-order valence-corrected chi connectivity index (χ0v) is 12.1. The van der Waals surface area contributed by atoms with Crippen LogP contribution in [0.1, 0.15) is 31.1 Å². The first-order chi connectivity index (χ1) is 9.49. The molecule has 2 amide bonds. The minimum atomic E-state index is -0.439. The average molecular weight is 276 g/mol. The van der Waals surface area contributed by atoms with Crippen LogP contribution in [0.2, 0.25) is 0 Å². The highest BCUT2D eigenvalue weighted by atomic mass is 16.5. The van der Waals surface area contributed by atoms with E-state index in [0.717, 1.165) is 0 Å². The second-order valence-corrected chi connectivity index (χ2v) is 5.16. The molecule has 0 bridgehead atoms. The normalized spacial score (nSPS) is 18.9. The molecular weight excluding hydrogens is 256 g/mol. The van der Waals surface area contributed by atoms with Crippen LogP contribution >= 0.6 is 0 Å². The molecule has 0 saturated carbocycles. The predicted molar refractivity (Wildman–Crippen MR) is 75.7 cm³/mol. The third-order valence-electron chi connectivity index (χ3n) is 3.21. The number of amides is 2. The van der Waals surface area contributed by atoms with Gasteiger partial charge in [-0.05, 0) is 39.0 Å². The molecule has 2 rings (SSSR count). The second kappa shape index (κ2) is 5.94. The number of nitrogens with one attached hydrogen (secondary N) is 1. The van der Waals surface area contributed by atoms with E-state index in [2.05, 4.69) is 5.32 Å². The lowest BCUT2D eigenvalue weighted by Crippen LogP contribution is -2.55. The Balaban J connectivity index is 2.18. The number of hydrogen-bond acceptors (Lipinski definition) is 3. The summed E-state index contributed by atoms with van der Waals surface area (Å²) in [5.74, 6) is 0.417. The topological polar surface area (TPSA) is 58.6 Å². The average Bonchev–Trinajstić information content (AvgIpc) is 2.41. The van der Waals surface area contributed by atoms with Gasteiger partial charge in [0, 0.05) is 18.7 Å². The molecule has 1 aliphatic rings. The third-order valence-corrected chi connectivity index (χ3v) is 3.21. The third kappa shape index (κ3) is 3.10. The standard InChI is InChI=1S/C15H20N2O3/c1-10(2)20-13-6-4-5-12(9-13)15(19)17-8-7-16-14(18)11(17)3/h4-6,9-11H,7-8H2,1-3H3,(H,16,18). The van der Waals surface area contributed by atoms with Crippen LogP contribution in [0.15, 0.2) is 24.3 Å². The zero-order chi connectivity index (χ0) is 14.7. The first-order valence-electron chi connectivity index (χ1n) is 6.84. The van der Waals surface area contributed by atoms with Crippen LogP contribution in [0, 0.1) is 0 Å². The summed E-state index contributed by atoms with van der Waals surface area (Å²) in [5, 5.41) is 2.75. The maximum Gasteiger partial charge on any atom is 0.254 e. The highest BCUT2D eigenvalue weighted by molar-refractivity contribution is 5.98. The summed E-state index contributed by atoms with van der Waals surface area (Å²) in [4.78, 5) is 25.7. The van der Waals surface area contributed by atoms with Crippen LogP contribution in [0.25, 0.3) is 0 Å². The first kappa shape index (κ1) is 14.4. The Kier molecular flexibility index (Phi) is 4.27. The van der Waals surface area contributed by atoms with Gasteiger partial charge in [-0.15, -0.1) is 0 Å². The van der Waals surface area contributed by atoms with Gasteiger partial charge in [0.2, 0.25) is 5.91 Å². The molecule has 0 spiro atoms. The number of benzene rings is 1. The molecule has 1 unspecified atom stereocenters. The van der Waals surface area contributed by atoms with Crippen molar-refractivity contribution in [2.75, 3.05) is 13.1 Å². The fraction of sp³-hybridized carbons (Fsp3) is 0.467. The molecule has 1 N–H and O–H groups in total. The number of nitrogens with zero attached hydrogens (tertiary/aromatic N) is 1. The van der Waals surface area contributed by atoms with Gasteiger partial charge < -0.3 is 15.0 Å². The van der Waals surface area contributed by atoms with Crippen molar-refractivity contribution in [3.63, 3.8) is 0 Å². The minimum absolute atomic E-state index is 0.0556. The van der Waals surface area contributed by atoms with Crippen LogP contribution in [-0.2, 0) is 4.79 Å². The van der Waals surface area contributed by atoms with Crippen LogP contribution in [-0.4, -0.2) is 41.9 Å². The quantitative estimate of drug-likeness (QED) is 0.908. The molecule has 108 valence electrons. The lowest BCUT2D eigenvalue weighted by atomic mass is 10.1. The molecular formula is C15H20N2O3. The Labute approximate surface area is 118 Å². The molecule has 5 nitrogen and oxygen atoms in total. The van der Waals surface area contributed by atoms with Crippen LogP contribution in [0.4, 0.5) is 0 Å². The van der Waals surface area contributed by atoms with Gasteiger partial charge in [-0.3, -0.25) is 9.59 Å². The number of piperazine rings is 1.